The van der Waals surface area contributed by atoms with Crippen LogP contribution in [0.4, 0.5) is 0 Å². The van der Waals surface area contributed by atoms with E-state index in [9.17, 15) is 24.0 Å². The summed E-state index contributed by atoms with van der Waals surface area (Å²) in [4.78, 5) is 81.5. The Labute approximate surface area is 272 Å². The second-order valence-electron chi connectivity index (χ2n) is 11.6. The van der Waals surface area contributed by atoms with Crippen LogP contribution < -0.4 is 26.8 Å². The molecule has 0 saturated carbocycles. The summed E-state index contributed by atoms with van der Waals surface area (Å²) in [7, 11) is 0. The van der Waals surface area contributed by atoms with E-state index < -0.39 is 41.8 Å². The van der Waals surface area contributed by atoms with Crippen LogP contribution >= 0.6 is 11.3 Å². The molecule has 14 nitrogen and oxygen atoms in total. The van der Waals surface area contributed by atoms with E-state index in [-0.39, 0.29) is 34.9 Å². The van der Waals surface area contributed by atoms with Crippen molar-refractivity contribution < 1.29 is 23.6 Å². The van der Waals surface area contributed by atoms with E-state index in [4.69, 9.17) is 4.42 Å². The predicted octanol–water partition coefficient (Wildman–Crippen LogP) is 2.69. The number of thiophene rings is 1. The number of H-pyrrole nitrogens is 2. The number of aryl methyl sites for hydroxylation is 2. The van der Waals surface area contributed by atoms with Crippen molar-refractivity contribution in [3.05, 3.63) is 80.5 Å². The number of carbonyl (C=O) groups excluding carboxylic acids is 4. The van der Waals surface area contributed by atoms with Crippen LogP contribution in [0.5, 0.6) is 0 Å². The number of amides is 4. The van der Waals surface area contributed by atoms with Crippen LogP contribution in [0, 0.1) is 13.8 Å². The minimum Gasteiger partial charge on any atom is -0.443 e. The Morgan fingerprint density at radius 3 is 2.68 bits per heavy atom. The van der Waals surface area contributed by atoms with Crippen molar-refractivity contribution in [1.82, 2.24) is 41.2 Å². The summed E-state index contributed by atoms with van der Waals surface area (Å²) in [6.07, 6.45) is 4.42. The summed E-state index contributed by atoms with van der Waals surface area (Å²) < 4.78 is 5.73. The average molecular weight is 659 g/mol. The van der Waals surface area contributed by atoms with Gasteiger partial charge in [-0.1, -0.05) is 18.2 Å². The van der Waals surface area contributed by atoms with Crippen LogP contribution in [0.3, 0.4) is 0 Å². The standard InChI is InChI=1S/C32H34N8O6S/c1-15-23-28(43)35-14-36-32(23)47-25(15)30(45)38-21-10-6-7-11-33-29(44)24-17(3)46-31(40-24)16(2)37-27(42)22(39-26(21)41)12-18-13-34-20-9-5-4-8-19(18)20/h4-5,8-9,13-14,16,21-22,34H,6-7,10-12H2,1-3H3,(H,33,44)(H,37,42)(H,38,45)(H,39,41)(H,35,36,43)/t16-,21+,22-/m1/s1. The van der Waals surface area contributed by atoms with Gasteiger partial charge >= 0.3 is 0 Å². The number of rotatable bonds is 4. The highest BCUT2D eigenvalue weighted by molar-refractivity contribution is 7.20. The number of hydrogen-bond donors (Lipinski definition) is 6. The first kappa shape index (κ1) is 31.7. The van der Waals surface area contributed by atoms with E-state index in [1.165, 1.54) is 6.33 Å². The van der Waals surface area contributed by atoms with Crippen LogP contribution in [-0.2, 0) is 16.0 Å². The number of benzene rings is 1. The Bertz CT molecular complexity index is 2060. The predicted molar refractivity (Wildman–Crippen MR) is 174 cm³/mol. The van der Waals surface area contributed by atoms with Gasteiger partial charge in [0.15, 0.2) is 5.69 Å². The lowest BCUT2D eigenvalue weighted by atomic mass is 10.0. The maximum Gasteiger partial charge on any atom is 0.273 e. The van der Waals surface area contributed by atoms with Gasteiger partial charge in [-0.3, -0.25) is 24.0 Å². The van der Waals surface area contributed by atoms with E-state index in [0.29, 0.717) is 40.9 Å². The smallest absolute Gasteiger partial charge is 0.273 e. The number of carbonyl (C=O) groups is 4. The van der Waals surface area contributed by atoms with Gasteiger partial charge in [-0.15, -0.1) is 11.3 Å². The van der Waals surface area contributed by atoms with Crippen LogP contribution in [0.25, 0.3) is 21.1 Å². The molecule has 5 aromatic rings. The lowest BCUT2D eigenvalue weighted by Gasteiger charge is -2.24. The second kappa shape index (κ2) is 13.2. The van der Waals surface area contributed by atoms with Gasteiger partial charge in [0.25, 0.3) is 17.4 Å². The second-order valence-corrected chi connectivity index (χ2v) is 12.6. The van der Waals surface area contributed by atoms with Gasteiger partial charge in [-0.2, -0.15) is 0 Å². The SMILES string of the molecule is Cc1oc2nc1C(=O)NCCCC[C@H](NC(=O)c1sc3nc[nH]c(=O)c3c1C)C(=O)N[C@H](Cc1c[nH]c3ccccc13)C(=O)N[C@@H]2C. The van der Waals surface area contributed by atoms with Crippen LogP contribution in [0.1, 0.15) is 75.2 Å². The fourth-order valence-electron chi connectivity index (χ4n) is 5.74. The van der Waals surface area contributed by atoms with Crippen LogP contribution in [-0.4, -0.2) is 62.2 Å². The zero-order valence-electron chi connectivity index (χ0n) is 26.0. The first-order valence-electron chi connectivity index (χ1n) is 15.3. The highest BCUT2D eigenvalue weighted by Crippen LogP contribution is 2.27. The van der Waals surface area contributed by atoms with E-state index in [0.717, 1.165) is 27.8 Å². The molecule has 1 aliphatic rings. The maximum absolute atomic E-state index is 13.9. The number of oxazole rings is 1. The molecule has 0 aliphatic carbocycles. The van der Waals surface area contributed by atoms with Gasteiger partial charge in [0.1, 0.15) is 28.7 Å². The Morgan fingerprint density at radius 2 is 1.87 bits per heavy atom. The Kier molecular flexibility index (Phi) is 8.89. The number of nitrogens with one attached hydrogen (secondary N) is 6. The van der Waals surface area contributed by atoms with Crippen molar-refractivity contribution >= 4 is 56.1 Å². The number of fused-ring (bicyclic) bond motifs is 4. The third-order valence-corrected chi connectivity index (χ3v) is 9.45. The normalized spacial score (nSPS) is 19.7. The van der Waals surface area contributed by atoms with Gasteiger partial charge in [0.05, 0.1) is 16.6 Å². The lowest BCUT2D eigenvalue weighted by Crippen LogP contribution is -2.54. The summed E-state index contributed by atoms with van der Waals surface area (Å²) in [5, 5.41) is 12.6. The highest BCUT2D eigenvalue weighted by Gasteiger charge is 2.31. The number of aromatic nitrogens is 4. The first-order chi connectivity index (χ1) is 22.6. The van der Waals surface area contributed by atoms with Gasteiger partial charge in [0, 0.05) is 30.1 Å². The molecule has 0 spiro atoms. The molecule has 244 valence electrons. The van der Waals surface area contributed by atoms with Gasteiger partial charge in [0.2, 0.25) is 17.7 Å². The molecule has 15 heteroatoms. The highest BCUT2D eigenvalue weighted by atomic mass is 32.1. The lowest BCUT2D eigenvalue weighted by molar-refractivity contribution is -0.130. The monoisotopic (exact) mass is 658 g/mol. The molecular weight excluding hydrogens is 624 g/mol. The summed E-state index contributed by atoms with van der Waals surface area (Å²) in [6, 6.07) is 4.86. The van der Waals surface area contributed by atoms with E-state index in [1.807, 2.05) is 24.3 Å². The minimum atomic E-state index is -1.04. The van der Waals surface area contributed by atoms with Gasteiger partial charge in [-0.05, 0) is 57.2 Å². The van der Waals surface area contributed by atoms with E-state index in [2.05, 4.69) is 41.2 Å². The molecule has 0 unspecified atom stereocenters. The van der Waals surface area contributed by atoms with E-state index >= 15 is 0 Å². The Hall–Kier alpha value is -5.31. The van der Waals surface area contributed by atoms with E-state index in [1.54, 1.807) is 27.0 Å². The van der Waals surface area contributed by atoms with Crippen LogP contribution in [0.15, 0.2) is 46.0 Å². The summed E-state index contributed by atoms with van der Waals surface area (Å²) >= 11 is 1.06. The maximum atomic E-state index is 13.9. The number of para-hydroxylation sites is 1. The average Bonchev–Trinajstić information content (AvgIpc) is 3.74. The number of hydrogen-bond acceptors (Lipinski definition) is 9. The molecule has 5 heterocycles. The molecule has 1 aromatic carbocycles. The zero-order chi connectivity index (χ0) is 33.2. The van der Waals surface area contributed by atoms with Crippen molar-refractivity contribution in [1.29, 1.82) is 0 Å². The van der Waals surface area contributed by atoms with Crippen molar-refractivity contribution in [2.24, 2.45) is 0 Å². The molecule has 6 rings (SSSR count). The third kappa shape index (κ3) is 6.52. The third-order valence-electron chi connectivity index (χ3n) is 8.26. The molecular formula is C32H34N8O6S. The van der Waals surface area contributed by atoms with Crippen LogP contribution in [0.2, 0.25) is 0 Å². The quantitative estimate of drug-likeness (QED) is 0.169. The van der Waals surface area contributed by atoms with Gasteiger partial charge < -0.3 is 35.7 Å². The summed E-state index contributed by atoms with van der Waals surface area (Å²) in [6.45, 7) is 5.27. The van der Waals surface area contributed by atoms with Gasteiger partial charge in [-0.25, -0.2) is 9.97 Å². The molecule has 4 amide bonds. The Balaban J connectivity index is 1.31. The molecule has 4 aromatic heterocycles. The number of nitrogens with zero attached hydrogens (tertiary/aromatic N) is 2. The topological polar surface area (TPSA) is 204 Å². The summed E-state index contributed by atoms with van der Waals surface area (Å²) in [5.41, 5.74) is 1.93. The molecule has 1 aliphatic heterocycles. The molecule has 47 heavy (non-hydrogen) atoms. The molecule has 2 bridgehead atoms. The molecule has 3 atom stereocenters. The fourth-order valence-corrected chi connectivity index (χ4v) is 6.79. The molecule has 6 N–H and O–H groups in total. The zero-order valence-corrected chi connectivity index (χ0v) is 26.8. The van der Waals surface area contributed by atoms with Crippen molar-refractivity contribution in [3.8, 4) is 0 Å². The first-order valence-corrected chi connectivity index (χ1v) is 16.1. The van der Waals surface area contributed by atoms with Crippen molar-refractivity contribution in [2.75, 3.05) is 6.54 Å². The molecule has 0 fully saturated rings. The summed E-state index contributed by atoms with van der Waals surface area (Å²) in [5.74, 6) is -1.52. The van der Waals surface area contributed by atoms with Crippen molar-refractivity contribution in [3.63, 3.8) is 0 Å². The Morgan fingerprint density at radius 1 is 1.06 bits per heavy atom. The molecule has 0 saturated heterocycles. The minimum absolute atomic E-state index is 0.133. The fraction of sp³-hybridized carbons (Fsp3) is 0.344. The largest absolute Gasteiger partial charge is 0.443 e. The van der Waals surface area contributed by atoms with Crippen molar-refractivity contribution in [2.45, 2.75) is 64.6 Å². The number of aromatic amines is 2. The molecule has 0 radical (unpaired) electrons.